The van der Waals surface area contributed by atoms with Crippen molar-refractivity contribution in [2.24, 2.45) is 0 Å². The van der Waals surface area contributed by atoms with Gasteiger partial charge in [0, 0.05) is 36.2 Å². The summed E-state index contributed by atoms with van der Waals surface area (Å²) in [4.78, 5) is 17.1. The van der Waals surface area contributed by atoms with Gasteiger partial charge in [0.2, 0.25) is 5.91 Å². The number of nitrogens with zero attached hydrogens (tertiary/aromatic N) is 2. The third-order valence-corrected chi connectivity index (χ3v) is 5.98. The Labute approximate surface area is 170 Å². The normalized spacial score (nSPS) is 13.2. The van der Waals surface area contributed by atoms with Gasteiger partial charge in [-0.25, -0.2) is 4.98 Å². The minimum absolute atomic E-state index is 0.0263. The van der Waals surface area contributed by atoms with Crippen molar-refractivity contribution in [3.05, 3.63) is 71.7 Å². The van der Waals surface area contributed by atoms with E-state index < -0.39 is 0 Å². The first-order valence-electron chi connectivity index (χ1n) is 9.77. The molecule has 2 aromatic carbocycles. The second-order valence-corrected chi connectivity index (χ2v) is 8.29. The Morgan fingerprint density at radius 2 is 2.04 bits per heavy atom. The lowest BCUT2D eigenvalue weighted by Crippen LogP contribution is -2.14. The highest BCUT2D eigenvalue weighted by Gasteiger charge is 2.13. The average molecular weight is 392 g/mol. The van der Waals surface area contributed by atoms with Crippen LogP contribution in [0.25, 0.3) is 11.3 Å². The van der Waals surface area contributed by atoms with E-state index in [2.05, 4.69) is 53.3 Å². The van der Waals surface area contributed by atoms with Gasteiger partial charge in [0.15, 0.2) is 0 Å². The van der Waals surface area contributed by atoms with E-state index in [4.69, 9.17) is 4.98 Å². The van der Waals surface area contributed by atoms with Crippen LogP contribution < -0.4 is 5.32 Å². The van der Waals surface area contributed by atoms with Gasteiger partial charge < -0.3 is 9.88 Å². The van der Waals surface area contributed by atoms with Crippen molar-refractivity contribution >= 4 is 23.4 Å². The van der Waals surface area contributed by atoms with Gasteiger partial charge in [-0.05, 0) is 37.5 Å². The molecule has 1 aromatic heterocycles. The Morgan fingerprint density at radius 1 is 1.18 bits per heavy atom. The van der Waals surface area contributed by atoms with E-state index in [0.717, 1.165) is 35.7 Å². The van der Waals surface area contributed by atoms with Crippen molar-refractivity contribution < 1.29 is 4.79 Å². The lowest BCUT2D eigenvalue weighted by molar-refractivity contribution is -0.113. The number of hydrogen-bond acceptors (Lipinski definition) is 3. The smallest absolute Gasteiger partial charge is 0.234 e. The summed E-state index contributed by atoms with van der Waals surface area (Å²) in [6.07, 6.45) is 5.62. The Balaban J connectivity index is 1.34. The lowest BCUT2D eigenvalue weighted by Gasteiger charge is -2.11. The van der Waals surface area contributed by atoms with Crippen molar-refractivity contribution in [1.29, 1.82) is 0 Å². The summed E-state index contributed by atoms with van der Waals surface area (Å²) in [7, 11) is 0. The molecular formula is C23H25N3OS. The van der Waals surface area contributed by atoms with Crippen LogP contribution in [0.4, 0.5) is 5.69 Å². The van der Waals surface area contributed by atoms with Gasteiger partial charge in [0.1, 0.15) is 5.82 Å². The third-order valence-electron chi connectivity index (χ3n) is 4.97. The topological polar surface area (TPSA) is 46.9 Å². The fraction of sp³-hybridized carbons (Fsp3) is 0.304. The number of aromatic nitrogens is 2. The Bertz CT molecular complexity index is 939. The van der Waals surface area contributed by atoms with Crippen LogP contribution in [0.5, 0.6) is 0 Å². The fourth-order valence-corrected chi connectivity index (χ4v) is 4.24. The van der Waals surface area contributed by atoms with Gasteiger partial charge in [-0.3, -0.25) is 4.79 Å². The molecule has 0 atom stereocenters. The molecule has 28 heavy (non-hydrogen) atoms. The molecule has 0 saturated heterocycles. The molecule has 4 rings (SSSR count). The van der Waals surface area contributed by atoms with Crippen LogP contribution in [0, 0.1) is 6.92 Å². The van der Waals surface area contributed by atoms with Gasteiger partial charge in [-0.15, -0.1) is 11.8 Å². The summed E-state index contributed by atoms with van der Waals surface area (Å²) in [5, 5.41) is 3.01. The van der Waals surface area contributed by atoms with E-state index in [1.54, 1.807) is 11.8 Å². The maximum absolute atomic E-state index is 12.3. The monoisotopic (exact) mass is 391 g/mol. The van der Waals surface area contributed by atoms with Gasteiger partial charge in [-0.1, -0.05) is 42.0 Å². The van der Waals surface area contributed by atoms with Crippen LogP contribution in [-0.4, -0.2) is 21.2 Å². The molecule has 2 heterocycles. The predicted molar refractivity (Wildman–Crippen MR) is 117 cm³/mol. The molecule has 3 aromatic rings. The molecule has 1 N–H and O–H groups in total. The Kier molecular flexibility index (Phi) is 5.81. The van der Waals surface area contributed by atoms with E-state index in [0.29, 0.717) is 5.75 Å². The van der Waals surface area contributed by atoms with Gasteiger partial charge >= 0.3 is 0 Å². The van der Waals surface area contributed by atoms with Gasteiger partial charge in [0.25, 0.3) is 0 Å². The minimum atomic E-state index is 0.0263. The number of carbonyl (C=O) groups excluding carboxylic acids is 1. The summed E-state index contributed by atoms with van der Waals surface area (Å²) in [6, 6.07) is 16.4. The summed E-state index contributed by atoms with van der Waals surface area (Å²) in [5.41, 5.74) is 5.36. The number of aryl methyl sites for hydroxylation is 3. The van der Waals surface area contributed by atoms with E-state index >= 15 is 0 Å². The molecule has 0 fully saturated rings. The van der Waals surface area contributed by atoms with E-state index in [-0.39, 0.29) is 5.91 Å². The van der Waals surface area contributed by atoms with E-state index in [9.17, 15) is 4.79 Å². The van der Waals surface area contributed by atoms with Crippen molar-refractivity contribution in [3.8, 4) is 11.3 Å². The van der Waals surface area contributed by atoms with Crippen molar-refractivity contribution in [1.82, 2.24) is 9.55 Å². The Morgan fingerprint density at radius 3 is 2.86 bits per heavy atom. The molecule has 1 aliphatic rings. The maximum atomic E-state index is 12.3. The first-order valence-corrected chi connectivity index (χ1v) is 10.9. The average Bonchev–Trinajstić information content (AvgIpc) is 3.14. The second kappa shape index (κ2) is 8.65. The van der Waals surface area contributed by atoms with Crippen LogP contribution in [0.1, 0.15) is 29.8 Å². The van der Waals surface area contributed by atoms with Crippen molar-refractivity contribution in [2.45, 2.75) is 38.5 Å². The largest absolute Gasteiger partial charge is 0.334 e. The highest BCUT2D eigenvalue weighted by molar-refractivity contribution is 7.99. The number of amides is 1. The van der Waals surface area contributed by atoms with Crippen molar-refractivity contribution in [3.63, 3.8) is 0 Å². The summed E-state index contributed by atoms with van der Waals surface area (Å²) in [5.74, 6) is 2.48. The number of carbonyl (C=O) groups is 1. The number of anilines is 1. The number of imidazole rings is 1. The molecule has 0 spiro atoms. The van der Waals surface area contributed by atoms with Crippen LogP contribution in [-0.2, 0) is 23.5 Å². The molecular weight excluding hydrogens is 366 g/mol. The lowest BCUT2D eigenvalue weighted by atomic mass is 10.1. The highest BCUT2D eigenvalue weighted by atomic mass is 32.2. The predicted octanol–water partition coefficient (Wildman–Crippen LogP) is 5.07. The first kappa shape index (κ1) is 18.8. The van der Waals surface area contributed by atoms with Crippen LogP contribution in [0.15, 0.2) is 54.7 Å². The highest BCUT2D eigenvalue weighted by Crippen LogP contribution is 2.25. The molecule has 0 saturated carbocycles. The molecule has 1 aliphatic heterocycles. The summed E-state index contributed by atoms with van der Waals surface area (Å²) >= 11 is 1.63. The van der Waals surface area contributed by atoms with Crippen molar-refractivity contribution in [2.75, 3.05) is 11.1 Å². The molecule has 0 bridgehead atoms. The van der Waals surface area contributed by atoms with E-state index in [1.165, 1.54) is 29.8 Å². The molecule has 4 nitrogen and oxygen atoms in total. The zero-order valence-corrected chi connectivity index (χ0v) is 17.0. The van der Waals surface area contributed by atoms with Crippen LogP contribution >= 0.6 is 11.8 Å². The standard InChI is InChI=1S/C23H25N3OS/c1-17-8-10-18(11-9-17)15-28-16-23(27)24-20-6-4-5-19(13-20)21-14-26-12-3-2-7-22(26)25-21/h4-6,8-11,13-14H,2-3,7,12,15-16H2,1H3,(H,24,27). The second-order valence-electron chi connectivity index (χ2n) is 7.30. The summed E-state index contributed by atoms with van der Waals surface area (Å²) in [6.45, 7) is 3.13. The number of fused-ring (bicyclic) bond motifs is 1. The van der Waals surface area contributed by atoms with Crippen LogP contribution in [0.2, 0.25) is 0 Å². The fourth-order valence-electron chi connectivity index (χ4n) is 3.45. The zero-order valence-electron chi connectivity index (χ0n) is 16.1. The number of thioether (sulfide) groups is 1. The minimum Gasteiger partial charge on any atom is -0.334 e. The van der Waals surface area contributed by atoms with Gasteiger partial charge in [-0.2, -0.15) is 0 Å². The number of rotatable bonds is 6. The third kappa shape index (κ3) is 4.65. The quantitative estimate of drug-likeness (QED) is 0.638. The SMILES string of the molecule is Cc1ccc(CSCC(=O)Nc2cccc(-c3cn4c(n3)CCCC4)c2)cc1. The Hall–Kier alpha value is -2.53. The number of hydrogen-bond donors (Lipinski definition) is 1. The molecule has 0 unspecified atom stereocenters. The maximum Gasteiger partial charge on any atom is 0.234 e. The van der Waals surface area contributed by atoms with Gasteiger partial charge in [0.05, 0.1) is 11.4 Å². The summed E-state index contributed by atoms with van der Waals surface area (Å²) < 4.78 is 2.26. The number of nitrogens with one attached hydrogen (secondary N) is 1. The van der Waals surface area contributed by atoms with Crippen LogP contribution in [0.3, 0.4) is 0 Å². The molecule has 5 heteroatoms. The number of benzene rings is 2. The zero-order chi connectivity index (χ0) is 19.3. The van der Waals surface area contributed by atoms with E-state index in [1.807, 2.05) is 18.2 Å². The molecule has 0 radical (unpaired) electrons. The molecule has 144 valence electrons. The first-order chi connectivity index (χ1) is 13.7. The molecule has 0 aliphatic carbocycles. The molecule has 1 amide bonds.